The number of amides is 2. The van der Waals surface area contributed by atoms with Crippen molar-refractivity contribution in [3.05, 3.63) is 76.2 Å². The summed E-state index contributed by atoms with van der Waals surface area (Å²) in [6, 6.07) is 14.1. The average molecular weight is 581 g/mol. The molecule has 0 atom stereocenters. The van der Waals surface area contributed by atoms with Gasteiger partial charge in [0, 0.05) is 37.3 Å². The van der Waals surface area contributed by atoms with Crippen LogP contribution in [0, 0.1) is 0 Å². The van der Waals surface area contributed by atoms with Crippen molar-refractivity contribution in [2.45, 2.75) is 26.4 Å². The molecule has 0 radical (unpaired) electrons. The van der Waals surface area contributed by atoms with Crippen LogP contribution in [-0.2, 0) is 4.74 Å². The minimum absolute atomic E-state index is 0.0188. The molecule has 1 aliphatic heterocycles. The molecule has 38 heavy (non-hydrogen) atoms. The van der Waals surface area contributed by atoms with Gasteiger partial charge in [-0.3, -0.25) is 9.59 Å². The van der Waals surface area contributed by atoms with Crippen LogP contribution in [0.5, 0.6) is 0 Å². The van der Waals surface area contributed by atoms with E-state index in [1.807, 2.05) is 31.7 Å². The fraction of sp³-hybridized carbons (Fsp3) is 0.296. The number of hydrogen-bond acceptors (Lipinski definition) is 8. The highest BCUT2D eigenvalue weighted by atomic mass is 79.9. The maximum Gasteiger partial charge on any atom is 0.410 e. The van der Waals surface area contributed by atoms with E-state index in [2.05, 4.69) is 31.2 Å². The number of nitrogens with zero attached hydrogens (tertiary/aromatic N) is 4. The molecule has 2 aromatic carbocycles. The number of nitrogens with two attached hydrogens (primary N) is 1. The van der Waals surface area contributed by atoms with Crippen molar-refractivity contribution in [3.8, 4) is 0 Å². The first-order valence-electron chi connectivity index (χ1n) is 12.1. The van der Waals surface area contributed by atoms with E-state index >= 15 is 0 Å². The second-order valence-corrected chi connectivity index (χ2v) is 10.6. The van der Waals surface area contributed by atoms with Crippen LogP contribution in [0.1, 0.15) is 47.2 Å². The summed E-state index contributed by atoms with van der Waals surface area (Å²) in [6.07, 6.45) is 1.04. The van der Waals surface area contributed by atoms with Crippen molar-refractivity contribution in [2.75, 3.05) is 42.1 Å². The molecule has 0 aliphatic carbocycles. The number of nitrogens with one attached hydrogen (secondary N) is 1. The number of hydrogen-bond donors (Lipinski definition) is 2. The minimum Gasteiger partial charge on any atom is -0.444 e. The van der Waals surface area contributed by atoms with Crippen LogP contribution in [0.25, 0.3) is 0 Å². The van der Waals surface area contributed by atoms with Crippen molar-refractivity contribution in [1.82, 2.24) is 14.9 Å². The lowest BCUT2D eigenvalue weighted by Gasteiger charge is -2.37. The molecule has 10 nitrogen and oxygen atoms in total. The highest BCUT2D eigenvalue weighted by Crippen LogP contribution is 2.30. The van der Waals surface area contributed by atoms with Gasteiger partial charge in [0.05, 0.1) is 17.6 Å². The highest BCUT2D eigenvalue weighted by molar-refractivity contribution is 9.10. The third-order valence-corrected chi connectivity index (χ3v) is 6.18. The first-order valence-corrected chi connectivity index (χ1v) is 12.9. The van der Waals surface area contributed by atoms with Gasteiger partial charge < -0.3 is 25.6 Å². The molecule has 198 valence electrons. The number of carbonyl (C=O) groups is 3. The van der Waals surface area contributed by atoms with Crippen molar-refractivity contribution in [2.24, 2.45) is 0 Å². The third-order valence-electron chi connectivity index (χ3n) is 5.80. The summed E-state index contributed by atoms with van der Waals surface area (Å²) in [4.78, 5) is 50.6. The van der Waals surface area contributed by atoms with E-state index in [4.69, 9.17) is 10.5 Å². The fourth-order valence-corrected chi connectivity index (χ4v) is 4.27. The van der Waals surface area contributed by atoms with Gasteiger partial charge in [0.25, 0.3) is 5.91 Å². The van der Waals surface area contributed by atoms with Crippen LogP contribution in [0.15, 0.2) is 59.3 Å². The molecule has 2 amide bonds. The lowest BCUT2D eigenvalue weighted by atomic mass is 10.0. The Morgan fingerprint density at radius 3 is 2.34 bits per heavy atom. The number of nitrogen functional groups attached to an aromatic ring is 1. The van der Waals surface area contributed by atoms with E-state index < -0.39 is 11.5 Å². The average Bonchev–Trinajstić information content (AvgIpc) is 2.89. The number of aromatic nitrogens is 2. The molecule has 1 aromatic heterocycles. The van der Waals surface area contributed by atoms with E-state index in [9.17, 15) is 14.4 Å². The predicted molar refractivity (Wildman–Crippen MR) is 148 cm³/mol. The second-order valence-electron chi connectivity index (χ2n) is 9.76. The van der Waals surface area contributed by atoms with Gasteiger partial charge in [-0.05, 0) is 54.9 Å². The number of halogens is 1. The van der Waals surface area contributed by atoms with Crippen LogP contribution in [0.4, 0.5) is 22.0 Å². The Hall–Kier alpha value is -3.99. The summed E-state index contributed by atoms with van der Waals surface area (Å²) < 4.78 is 5.86. The monoisotopic (exact) mass is 580 g/mol. The zero-order valence-corrected chi connectivity index (χ0v) is 23.0. The molecule has 0 bridgehead atoms. The first kappa shape index (κ1) is 27.1. The molecule has 11 heteroatoms. The fourth-order valence-electron chi connectivity index (χ4n) is 3.99. The Morgan fingerprint density at radius 2 is 1.68 bits per heavy atom. The van der Waals surface area contributed by atoms with Gasteiger partial charge in [-0.25, -0.2) is 14.8 Å². The maximum atomic E-state index is 13.2. The Bertz CT molecular complexity index is 1350. The Balaban J connectivity index is 1.61. The van der Waals surface area contributed by atoms with Crippen LogP contribution in [-0.4, -0.2) is 64.4 Å². The van der Waals surface area contributed by atoms with Gasteiger partial charge in [0.2, 0.25) is 0 Å². The van der Waals surface area contributed by atoms with Crippen LogP contribution in [0.2, 0.25) is 0 Å². The van der Waals surface area contributed by atoms with Gasteiger partial charge >= 0.3 is 6.09 Å². The molecule has 4 rings (SSSR count). The van der Waals surface area contributed by atoms with Crippen LogP contribution < -0.4 is 16.0 Å². The van der Waals surface area contributed by atoms with Crippen molar-refractivity contribution in [1.29, 1.82) is 0 Å². The van der Waals surface area contributed by atoms with E-state index in [0.717, 1.165) is 0 Å². The van der Waals surface area contributed by atoms with Crippen molar-refractivity contribution < 1.29 is 19.1 Å². The number of benzene rings is 2. The Kier molecular flexibility index (Phi) is 7.96. The molecule has 2 heterocycles. The lowest BCUT2D eigenvalue weighted by molar-refractivity contribution is 0.0240. The molecule has 1 saturated heterocycles. The first-order chi connectivity index (χ1) is 18.0. The SMILES string of the molecule is CC(C)(C)OC(=O)N1CCN(c2ccc(C(=O)c3ccccc3)cc2NC(=O)c2nc(Br)cnc2N)CC1. The van der Waals surface area contributed by atoms with Gasteiger partial charge in [0.1, 0.15) is 10.2 Å². The highest BCUT2D eigenvalue weighted by Gasteiger charge is 2.27. The molecule has 1 fully saturated rings. The topological polar surface area (TPSA) is 131 Å². The number of piperazine rings is 1. The van der Waals surface area contributed by atoms with Crippen LogP contribution >= 0.6 is 15.9 Å². The number of ether oxygens (including phenoxy) is 1. The molecule has 0 saturated carbocycles. The summed E-state index contributed by atoms with van der Waals surface area (Å²) in [6.45, 7) is 7.39. The second kappa shape index (κ2) is 11.2. The number of carbonyl (C=O) groups excluding carboxylic acids is 3. The smallest absolute Gasteiger partial charge is 0.410 e. The molecule has 1 aliphatic rings. The number of anilines is 3. The zero-order valence-electron chi connectivity index (χ0n) is 21.4. The van der Waals surface area contributed by atoms with Crippen molar-refractivity contribution >= 4 is 50.9 Å². The molecule has 0 spiro atoms. The summed E-state index contributed by atoms with van der Waals surface area (Å²) in [5.74, 6) is -0.756. The van der Waals surface area contributed by atoms with Gasteiger partial charge in [-0.15, -0.1) is 0 Å². The summed E-state index contributed by atoms with van der Waals surface area (Å²) in [5.41, 5.74) is 7.34. The maximum absolute atomic E-state index is 13.2. The van der Waals surface area contributed by atoms with E-state index in [-0.39, 0.29) is 23.4 Å². The minimum atomic E-state index is -0.579. The Morgan fingerprint density at radius 1 is 1.00 bits per heavy atom. The molecular formula is C27H29BrN6O4. The van der Waals surface area contributed by atoms with E-state index in [1.54, 1.807) is 47.4 Å². The van der Waals surface area contributed by atoms with Gasteiger partial charge in [0.15, 0.2) is 17.3 Å². The van der Waals surface area contributed by atoms with E-state index in [1.165, 1.54) is 6.20 Å². The van der Waals surface area contributed by atoms with Gasteiger partial charge in [-0.2, -0.15) is 0 Å². The predicted octanol–water partition coefficient (Wildman–Crippen LogP) is 4.36. The van der Waals surface area contributed by atoms with Crippen LogP contribution in [0.3, 0.4) is 0 Å². The van der Waals surface area contributed by atoms with E-state index in [0.29, 0.717) is 53.3 Å². The normalized spacial score (nSPS) is 13.7. The number of rotatable bonds is 5. The summed E-state index contributed by atoms with van der Waals surface area (Å²) >= 11 is 3.21. The Labute approximate surface area is 229 Å². The lowest BCUT2D eigenvalue weighted by Crippen LogP contribution is -2.50. The van der Waals surface area contributed by atoms with Crippen molar-refractivity contribution in [3.63, 3.8) is 0 Å². The molecule has 0 unspecified atom stereocenters. The van der Waals surface area contributed by atoms with Gasteiger partial charge in [-0.1, -0.05) is 30.3 Å². The number of ketones is 1. The zero-order chi connectivity index (χ0) is 27.4. The molecular weight excluding hydrogens is 552 g/mol. The largest absolute Gasteiger partial charge is 0.444 e. The summed E-state index contributed by atoms with van der Waals surface area (Å²) in [7, 11) is 0. The quantitative estimate of drug-likeness (QED) is 0.425. The molecule has 3 aromatic rings. The summed E-state index contributed by atoms with van der Waals surface area (Å²) in [5, 5.41) is 2.86. The third kappa shape index (κ3) is 6.46. The molecule has 3 N–H and O–H groups in total. The standard InChI is InChI=1S/C27H29BrN6O4/c1-27(2,3)38-26(37)34-13-11-33(12-14-34)20-10-9-18(23(35)17-7-5-4-6-8-17)15-19(20)31-25(36)22-24(29)30-16-21(28)32-22/h4-10,15-16H,11-14H2,1-3H3,(H2,29,30)(H,31,36).